The van der Waals surface area contributed by atoms with Gasteiger partial charge in [0.25, 0.3) is 0 Å². The Balaban J connectivity index is 2.13. The predicted octanol–water partition coefficient (Wildman–Crippen LogP) is -0.957. The Kier molecular flexibility index (Phi) is 2.16. The van der Waals surface area contributed by atoms with Gasteiger partial charge in [0.15, 0.2) is 6.04 Å². The van der Waals surface area contributed by atoms with Crippen molar-refractivity contribution in [2.75, 3.05) is 13.7 Å². The van der Waals surface area contributed by atoms with Crippen molar-refractivity contribution in [1.82, 2.24) is 4.90 Å². The van der Waals surface area contributed by atoms with Crippen molar-refractivity contribution in [2.45, 2.75) is 24.8 Å². The number of nitrogens with zero attached hydrogens (tertiary/aromatic N) is 1. The summed E-state index contributed by atoms with van der Waals surface area (Å²) < 4.78 is 10.2. The largest absolute Gasteiger partial charge is 0.480 e. The molecule has 2 fully saturated rings. The van der Waals surface area contributed by atoms with E-state index in [-0.39, 0.29) is 25.2 Å². The first-order chi connectivity index (χ1) is 6.65. The number of carboxylic acid groups (broad SMARTS) is 1. The van der Waals surface area contributed by atoms with Crippen molar-refractivity contribution in [2.24, 2.45) is 0 Å². The number of methoxy groups -OCH3 is 1. The van der Waals surface area contributed by atoms with Crippen molar-refractivity contribution in [3.63, 3.8) is 0 Å². The minimum atomic E-state index is -1.04. The van der Waals surface area contributed by atoms with Gasteiger partial charge in [0.2, 0.25) is 5.91 Å². The Morgan fingerprint density at radius 2 is 2.50 bits per heavy atom. The lowest BCUT2D eigenvalue weighted by Gasteiger charge is -2.34. The molecule has 2 aliphatic heterocycles. The Hall–Kier alpha value is -1.14. The molecule has 1 N–H and O–H groups in total. The van der Waals surface area contributed by atoms with Gasteiger partial charge in [0, 0.05) is 7.11 Å². The molecule has 0 spiro atoms. The summed E-state index contributed by atoms with van der Waals surface area (Å²) in [6.07, 6.45) is -0.623. The highest BCUT2D eigenvalue weighted by Gasteiger charge is 2.55. The molecule has 2 aliphatic rings. The summed E-state index contributed by atoms with van der Waals surface area (Å²) >= 11 is 0. The first kappa shape index (κ1) is 9.42. The monoisotopic (exact) mass is 201 g/mol. The number of β-lactam (4-membered cyclic amide) rings is 1. The molecule has 0 aromatic rings. The van der Waals surface area contributed by atoms with E-state index in [0.29, 0.717) is 0 Å². The Morgan fingerprint density at radius 3 is 3.00 bits per heavy atom. The summed E-state index contributed by atoms with van der Waals surface area (Å²) in [5.41, 5.74) is 0. The van der Waals surface area contributed by atoms with Gasteiger partial charge in [0.05, 0.1) is 13.0 Å². The van der Waals surface area contributed by atoms with Gasteiger partial charge < -0.3 is 14.6 Å². The van der Waals surface area contributed by atoms with Gasteiger partial charge in [-0.1, -0.05) is 0 Å². The van der Waals surface area contributed by atoms with Gasteiger partial charge in [-0.05, 0) is 0 Å². The molecular formula is C8H11NO5. The zero-order valence-corrected chi connectivity index (χ0v) is 7.67. The van der Waals surface area contributed by atoms with Gasteiger partial charge in [-0.3, -0.25) is 9.69 Å². The van der Waals surface area contributed by atoms with Crippen LogP contribution in [-0.4, -0.2) is 54.0 Å². The molecule has 6 nitrogen and oxygen atoms in total. The third-order valence-corrected chi connectivity index (χ3v) is 2.52. The molecule has 2 heterocycles. The summed E-state index contributed by atoms with van der Waals surface area (Å²) in [6.45, 7) is 0.192. The van der Waals surface area contributed by atoms with Crippen LogP contribution in [0.4, 0.5) is 0 Å². The van der Waals surface area contributed by atoms with E-state index in [1.54, 1.807) is 0 Å². The van der Waals surface area contributed by atoms with E-state index >= 15 is 0 Å². The fourth-order valence-electron chi connectivity index (χ4n) is 1.88. The number of aliphatic carboxylic acids is 1. The van der Waals surface area contributed by atoms with E-state index in [1.807, 2.05) is 0 Å². The minimum Gasteiger partial charge on any atom is -0.480 e. The number of hydrogen-bond acceptors (Lipinski definition) is 4. The van der Waals surface area contributed by atoms with Gasteiger partial charge >= 0.3 is 5.97 Å². The summed E-state index contributed by atoms with van der Waals surface area (Å²) in [5.74, 6) is -1.20. The molecule has 0 radical (unpaired) electrons. The van der Waals surface area contributed by atoms with Gasteiger partial charge in [0.1, 0.15) is 12.3 Å². The summed E-state index contributed by atoms with van der Waals surface area (Å²) in [7, 11) is 1.47. The molecule has 78 valence electrons. The molecule has 3 atom stereocenters. The first-order valence-electron chi connectivity index (χ1n) is 4.33. The van der Waals surface area contributed by atoms with Crippen molar-refractivity contribution in [3.05, 3.63) is 0 Å². The molecule has 14 heavy (non-hydrogen) atoms. The highest BCUT2D eigenvalue weighted by Crippen LogP contribution is 2.34. The Labute approximate surface area is 80.4 Å². The third-order valence-electron chi connectivity index (χ3n) is 2.52. The standard InChI is InChI=1S/C8H11NO5/c1-13-3-4-7(8(11)12)9-5(10)2-6(9)14-4/h4,6-7H,2-3H2,1H3,(H,11,12). The molecule has 6 heteroatoms. The lowest BCUT2D eigenvalue weighted by molar-refractivity contribution is -0.163. The predicted molar refractivity (Wildman–Crippen MR) is 43.4 cm³/mol. The van der Waals surface area contributed by atoms with E-state index in [9.17, 15) is 9.59 Å². The fourth-order valence-corrected chi connectivity index (χ4v) is 1.88. The van der Waals surface area contributed by atoms with Crippen LogP contribution < -0.4 is 0 Å². The molecule has 0 saturated carbocycles. The lowest BCUT2D eigenvalue weighted by Crippen LogP contribution is -2.56. The van der Waals surface area contributed by atoms with Gasteiger partial charge in [-0.25, -0.2) is 4.79 Å². The normalized spacial score (nSPS) is 35.4. The molecular weight excluding hydrogens is 190 g/mol. The fraction of sp³-hybridized carbons (Fsp3) is 0.750. The van der Waals surface area contributed by atoms with Crippen molar-refractivity contribution in [3.8, 4) is 0 Å². The number of carbonyl (C=O) groups is 2. The van der Waals surface area contributed by atoms with Crippen LogP contribution in [0.15, 0.2) is 0 Å². The van der Waals surface area contributed by atoms with E-state index < -0.39 is 18.1 Å². The smallest absolute Gasteiger partial charge is 0.329 e. The summed E-state index contributed by atoms with van der Waals surface area (Å²) in [4.78, 5) is 23.3. The second-order valence-corrected chi connectivity index (χ2v) is 3.37. The van der Waals surface area contributed by atoms with Crippen LogP contribution in [0.3, 0.4) is 0 Å². The number of rotatable bonds is 3. The molecule has 2 rings (SSSR count). The first-order valence-corrected chi connectivity index (χ1v) is 4.33. The maximum atomic E-state index is 11.1. The maximum absolute atomic E-state index is 11.1. The van der Waals surface area contributed by atoms with Crippen molar-refractivity contribution < 1.29 is 24.2 Å². The molecule has 2 saturated heterocycles. The number of carboxylic acids is 1. The highest BCUT2D eigenvalue weighted by molar-refractivity contribution is 5.89. The van der Waals surface area contributed by atoms with Crippen molar-refractivity contribution >= 4 is 11.9 Å². The number of ether oxygens (including phenoxy) is 2. The highest BCUT2D eigenvalue weighted by atomic mass is 16.6. The van der Waals surface area contributed by atoms with E-state index in [2.05, 4.69) is 0 Å². The molecule has 1 amide bonds. The van der Waals surface area contributed by atoms with Crippen LogP contribution in [0.1, 0.15) is 6.42 Å². The van der Waals surface area contributed by atoms with Gasteiger partial charge in [-0.15, -0.1) is 0 Å². The lowest BCUT2D eigenvalue weighted by atomic mass is 10.1. The second-order valence-electron chi connectivity index (χ2n) is 3.37. The van der Waals surface area contributed by atoms with Crippen LogP contribution in [0.2, 0.25) is 0 Å². The topological polar surface area (TPSA) is 76.1 Å². The molecule has 3 unspecified atom stereocenters. The molecule has 0 aliphatic carbocycles. The van der Waals surface area contributed by atoms with Crippen LogP contribution in [0.5, 0.6) is 0 Å². The molecule has 0 aromatic heterocycles. The number of hydrogen-bond donors (Lipinski definition) is 1. The Bertz CT molecular complexity index is 279. The third kappa shape index (κ3) is 1.18. The molecule has 0 bridgehead atoms. The second kappa shape index (κ2) is 3.21. The average molecular weight is 201 g/mol. The van der Waals surface area contributed by atoms with Crippen molar-refractivity contribution in [1.29, 1.82) is 0 Å². The van der Waals surface area contributed by atoms with Crippen LogP contribution in [0.25, 0.3) is 0 Å². The van der Waals surface area contributed by atoms with Gasteiger partial charge in [-0.2, -0.15) is 0 Å². The van der Waals surface area contributed by atoms with Crippen LogP contribution in [0, 0.1) is 0 Å². The SMILES string of the molecule is COCC1OC2CC(=O)N2C1C(=O)O. The van der Waals surface area contributed by atoms with Crippen LogP contribution in [-0.2, 0) is 19.1 Å². The quantitative estimate of drug-likeness (QED) is 0.595. The number of fused-ring (bicyclic) bond motifs is 1. The van der Waals surface area contributed by atoms with Crippen LogP contribution >= 0.6 is 0 Å². The van der Waals surface area contributed by atoms with E-state index in [1.165, 1.54) is 12.0 Å². The zero-order chi connectivity index (χ0) is 10.3. The average Bonchev–Trinajstić information content (AvgIpc) is 2.39. The molecule has 0 aromatic carbocycles. The summed E-state index contributed by atoms with van der Waals surface area (Å²) in [5, 5.41) is 8.92. The van der Waals surface area contributed by atoms with E-state index in [4.69, 9.17) is 14.6 Å². The Morgan fingerprint density at radius 1 is 1.79 bits per heavy atom. The maximum Gasteiger partial charge on any atom is 0.329 e. The zero-order valence-electron chi connectivity index (χ0n) is 7.67. The summed E-state index contributed by atoms with van der Waals surface area (Å²) in [6, 6.07) is -0.888. The van der Waals surface area contributed by atoms with E-state index in [0.717, 1.165) is 0 Å². The number of amides is 1. The number of carbonyl (C=O) groups excluding carboxylic acids is 1. The minimum absolute atomic E-state index is 0.166.